The fourth-order valence-corrected chi connectivity index (χ4v) is 4.54. The highest BCUT2D eigenvalue weighted by molar-refractivity contribution is 9.09. The molecule has 0 aromatic heterocycles. The molecule has 0 aliphatic carbocycles. The maximum absolute atomic E-state index is 6.28. The summed E-state index contributed by atoms with van der Waals surface area (Å²) >= 11 is 3.43. The fourth-order valence-electron chi connectivity index (χ4n) is 4.15. The van der Waals surface area contributed by atoms with Gasteiger partial charge in [-0.15, -0.1) is 0 Å². The highest BCUT2D eigenvalue weighted by atomic mass is 79.9. The topological polar surface area (TPSA) is 55.4 Å². The van der Waals surface area contributed by atoms with Gasteiger partial charge in [0.15, 0.2) is 6.29 Å². The third-order valence-corrected chi connectivity index (χ3v) is 6.52. The molecule has 6 nitrogen and oxygen atoms in total. The molecule has 0 saturated carbocycles. The quantitative estimate of drug-likeness (QED) is 0.156. The van der Waals surface area contributed by atoms with Gasteiger partial charge in [-0.25, -0.2) is 0 Å². The normalized spacial score (nSPS) is 18.3. The predicted octanol–water partition coefficient (Wildman–Crippen LogP) is 6.06. The Morgan fingerprint density at radius 1 is 0.686 bits per heavy atom. The van der Waals surface area contributed by atoms with Crippen LogP contribution in [0.2, 0.25) is 0 Å². The largest absolute Gasteiger partial charge is 0.379 e. The van der Waals surface area contributed by atoms with E-state index >= 15 is 0 Å². The van der Waals surface area contributed by atoms with Crippen molar-refractivity contribution in [2.24, 2.45) is 0 Å². The summed E-state index contributed by atoms with van der Waals surface area (Å²) in [7, 11) is 0. The molecular weight excluding hydrogens is 512 g/mol. The van der Waals surface area contributed by atoms with Gasteiger partial charge < -0.3 is 28.4 Å². The molecule has 3 rings (SSSR count). The second kappa shape index (κ2) is 18.2. The van der Waals surface area contributed by atoms with Gasteiger partial charge in [0.25, 0.3) is 0 Å². The molecule has 2 atom stereocenters. The monoisotopic (exact) mass is 552 g/mol. The zero-order chi connectivity index (χ0) is 24.4. The van der Waals surface area contributed by atoms with E-state index in [4.69, 9.17) is 28.4 Å². The highest BCUT2D eigenvalue weighted by Crippen LogP contribution is 2.35. The van der Waals surface area contributed by atoms with Crippen LogP contribution in [0.1, 0.15) is 50.2 Å². The molecule has 196 valence electrons. The van der Waals surface area contributed by atoms with Gasteiger partial charge in [-0.2, -0.15) is 0 Å². The summed E-state index contributed by atoms with van der Waals surface area (Å²) in [6.45, 7) is 5.36. The van der Waals surface area contributed by atoms with Crippen molar-refractivity contribution in [2.45, 2.75) is 50.9 Å². The number of fused-ring (bicyclic) bond motifs is 1. The molecule has 0 spiro atoms. The first-order valence-electron chi connectivity index (χ1n) is 13.0. The van der Waals surface area contributed by atoms with E-state index < -0.39 is 0 Å². The Labute approximate surface area is 218 Å². The van der Waals surface area contributed by atoms with E-state index in [9.17, 15) is 0 Å². The molecule has 0 N–H and O–H groups in total. The molecule has 1 aliphatic heterocycles. The van der Waals surface area contributed by atoms with Gasteiger partial charge in [0.05, 0.1) is 59.0 Å². The Hall–Kier alpha value is -1.06. The molecule has 2 aromatic rings. The van der Waals surface area contributed by atoms with Gasteiger partial charge in [0, 0.05) is 11.9 Å². The minimum atomic E-state index is -0.178. The average molecular weight is 554 g/mol. The third-order valence-electron chi connectivity index (χ3n) is 5.96. The summed E-state index contributed by atoms with van der Waals surface area (Å²) in [5, 5.41) is 3.58. The number of hydrogen-bond donors (Lipinski definition) is 0. The zero-order valence-electron chi connectivity index (χ0n) is 20.8. The molecule has 2 unspecified atom stereocenters. The Kier molecular flexibility index (Phi) is 14.8. The van der Waals surface area contributed by atoms with Crippen LogP contribution >= 0.6 is 15.9 Å². The number of alkyl halides is 1. The third kappa shape index (κ3) is 11.3. The molecule has 1 saturated heterocycles. The summed E-state index contributed by atoms with van der Waals surface area (Å²) in [4.78, 5) is 0. The lowest BCUT2D eigenvalue weighted by Crippen LogP contribution is -2.26. The van der Waals surface area contributed by atoms with E-state index in [1.165, 1.54) is 29.2 Å². The molecule has 0 bridgehead atoms. The lowest BCUT2D eigenvalue weighted by Gasteiger charge is -2.31. The van der Waals surface area contributed by atoms with Crippen molar-refractivity contribution in [1.82, 2.24) is 0 Å². The minimum absolute atomic E-state index is 0.0760. The van der Waals surface area contributed by atoms with Crippen LogP contribution in [0.3, 0.4) is 0 Å². The zero-order valence-corrected chi connectivity index (χ0v) is 22.4. The molecule has 0 amide bonds. The second-order valence-electron chi connectivity index (χ2n) is 8.62. The standard InChI is InChI=1S/C28H41BrO6/c29-14-4-1-5-15-30-16-17-31-18-19-32-20-21-33-22-23-34-28-13-7-12-27(35-28)26-11-6-9-24-8-2-3-10-25(24)26/h2-3,6,8-11,27-28H,1,4-5,7,12-23H2. The van der Waals surface area contributed by atoms with Gasteiger partial charge in [-0.05, 0) is 48.4 Å². The number of halogens is 1. The number of hydrogen-bond acceptors (Lipinski definition) is 6. The van der Waals surface area contributed by atoms with Crippen LogP contribution in [0.5, 0.6) is 0 Å². The number of ether oxygens (including phenoxy) is 6. The molecule has 1 fully saturated rings. The van der Waals surface area contributed by atoms with Crippen LogP contribution in [0, 0.1) is 0 Å². The van der Waals surface area contributed by atoms with Crippen molar-refractivity contribution in [2.75, 3.05) is 64.8 Å². The predicted molar refractivity (Wildman–Crippen MR) is 142 cm³/mol. The Bertz CT molecular complexity index is 799. The molecule has 2 aromatic carbocycles. The van der Waals surface area contributed by atoms with E-state index in [1.807, 2.05) is 0 Å². The van der Waals surface area contributed by atoms with E-state index in [1.54, 1.807) is 0 Å². The second-order valence-corrected chi connectivity index (χ2v) is 9.42. The first-order chi connectivity index (χ1) is 17.4. The van der Waals surface area contributed by atoms with Gasteiger partial charge >= 0.3 is 0 Å². The fraction of sp³-hybridized carbons (Fsp3) is 0.643. The summed E-state index contributed by atoms with van der Waals surface area (Å²) < 4.78 is 34.4. The Morgan fingerprint density at radius 3 is 2.09 bits per heavy atom. The molecule has 0 radical (unpaired) electrons. The van der Waals surface area contributed by atoms with E-state index in [-0.39, 0.29) is 12.4 Å². The van der Waals surface area contributed by atoms with Crippen molar-refractivity contribution in [3.8, 4) is 0 Å². The first kappa shape index (κ1) is 28.5. The first-order valence-corrected chi connectivity index (χ1v) is 14.1. The van der Waals surface area contributed by atoms with Crippen molar-refractivity contribution >= 4 is 26.7 Å². The highest BCUT2D eigenvalue weighted by Gasteiger charge is 2.25. The molecule has 1 heterocycles. The van der Waals surface area contributed by atoms with Gasteiger partial charge in [-0.1, -0.05) is 64.8 Å². The average Bonchev–Trinajstić information content (AvgIpc) is 2.90. The van der Waals surface area contributed by atoms with Gasteiger partial charge in [-0.3, -0.25) is 0 Å². The lowest BCUT2D eigenvalue weighted by molar-refractivity contribution is -0.200. The van der Waals surface area contributed by atoms with Crippen LogP contribution in [-0.2, 0) is 28.4 Å². The van der Waals surface area contributed by atoms with E-state index in [2.05, 4.69) is 58.4 Å². The van der Waals surface area contributed by atoms with Gasteiger partial charge in [0.2, 0.25) is 0 Å². The summed E-state index contributed by atoms with van der Waals surface area (Å²) in [6, 6.07) is 14.9. The van der Waals surface area contributed by atoms with Crippen LogP contribution < -0.4 is 0 Å². The van der Waals surface area contributed by atoms with Crippen molar-refractivity contribution < 1.29 is 28.4 Å². The number of benzene rings is 2. The SMILES string of the molecule is BrCCCCCOCCOCCOCCOCCOC1CCCC(c2cccc3ccccc23)O1. The van der Waals surface area contributed by atoms with Crippen molar-refractivity contribution in [1.29, 1.82) is 0 Å². The lowest BCUT2D eigenvalue weighted by atomic mass is 9.95. The van der Waals surface area contributed by atoms with Gasteiger partial charge in [0.1, 0.15) is 0 Å². The number of rotatable bonds is 19. The maximum atomic E-state index is 6.28. The molecule has 7 heteroatoms. The van der Waals surface area contributed by atoms with Crippen LogP contribution in [-0.4, -0.2) is 71.1 Å². The van der Waals surface area contributed by atoms with E-state index in [0.717, 1.165) is 37.6 Å². The van der Waals surface area contributed by atoms with Crippen molar-refractivity contribution in [3.05, 3.63) is 48.0 Å². The summed E-state index contributed by atoms with van der Waals surface area (Å²) in [5.41, 5.74) is 1.25. The molecule has 35 heavy (non-hydrogen) atoms. The summed E-state index contributed by atoms with van der Waals surface area (Å²) in [5.74, 6) is 0. The Morgan fingerprint density at radius 2 is 1.34 bits per heavy atom. The maximum Gasteiger partial charge on any atom is 0.158 e. The van der Waals surface area contributed by atoms with Crippen molar-refractivity contribution in [3.63, 3.8) is 0 Å². The minimum Gasteiger partial charge on any atom is -0.379 e. The van der Waals surface area contributed by atoms with Crippen LogP contribution in [0.25, 0.3) is 10.8 Å². The smallest absolute Gasteiger partial charge is 0.158 e. The van der Waals surface area contributed by atoms with Crippen LogP contribution in [0.4, 0.5) is 0 Å². The molecule has 1 aliphatic rings. The Balaban J connectivity index is 1.15. The molecular formula is C28H41BrO6. The van der Waals surface area contributed by atoms with E-state index in [0.29, 0.717) is 52.9 Å². The summed E-state index contributed by atoms with van der Waals surface area (Å²) in [6.07, 6.45) is 6.46. The van der Waals surface area contributed by atoms with Crippen LogP contribution in [0.15, 0.2) is 42.5 Å². The number of unbranched alkanes of at least 4 members (excludes halogenated alkanes) is 2.